The molecule has 0 saturated heterocycles. The number of rotatable bonds is 5. The first kappa shape index (κ1) is 28.5. The Morgan fingerprint density at radius 2 is 1.36 bits per heavy atom. The second-order valence-electron chi connectivity index (χ2n) is 12.9. The molecule has 0 radical (unpaired) electrons. The van der Waals surface area contributed by atoms with Crippen molar-refractivity contribution in [3.63, 3.8) is 0 Å². The average molecular weight is 631 g/mol. The molecule has 226 valence electrons. The number of hydrogen-bond acceptors (Lipinski definition) is 8. The van der Waals surface area contributed by atoms with Crippen molar-refractivity contribution in [1.82, 2.24) is 8.75 Å². The summed E-state index contributed by atoms with van der Waals surface area (Å²) in [6, 6.07) is 25.5. The highest BCUT2D eigenvalue weighted by molar-refractivity contribution is 7.19. The van der Waals surface area contributed by atoms with Crippen LogP contribution >= 0.6 is 23.1 Å². The molecule has 3 aliphatic rings. The van der Waals surface area contributed by atoms with Gasteiger partial charge in [0.15, 0.2) is 0 Å². The van der Waals surface area contributed by atoms with Gasteiger partial charge in [-0.05, 0) is 87.1 Å². The molecular formula is C37H34N4O2S2. The largest absolute Gasteiger partial charge is 0.302 e. The third-order valence-electron chi connectivity index (χ3n) is 10.1. The van der Waals surface area contributed by atoms with Crippen LogP contribution in [0.5, 0.6) is 0 Å². The molecule has 0 amide bonds. The highest BCUT2D eigenvalue weighted by Crippen LogP contribution is 2.49. The maximum absolute atomic E-state index is 13.3. The normalized spacial score (nSPS) is 23.8. The van der Waals surface area contributed by atoms with Gasteiger partial charge in [-0.15, -0.1) is 11.3 Å². The van der Waals surface area contributed by atoms with Crippen molar-refractivity contribution in [2.75, 3.05) is 4.90 Å². The number of benzene rings is 3. The molecule has 4 atom stereocenters. The topological polar surface area (TPSA) is 75.5 Å². The monoisotopic (exact) mass is 630 g/mol. The molecule has 8 rings (SSSR count). The minimum atomic E-state index is -0.390. The van der Waals surface area contributed by atoms with Gasteiger partial charge < -0.3 is 4.90 Å². The summed E-state index contributed by atoms with van der Waals surface area (Å²) < 4.78 is 9.33. The van der Waals surface area contributed by atoms with Crippen molar-refractivity contribution in [2.45, 2.75) is 52.4 Å². The van der Waals surface area contributed by atoms with Crippen LogP contribution in [0.15, 0.2) is 77.8 Å². The molecule has 8 heteroatoms. The quantitative estimate of drug-likeness (QED) is 0.181. The zero-order chi connectivity index (χ0) is 30.7. The van der Waals surface area contributed by atoms with Crippen molar-refractivity contribution in [2.24, 2.45) is 28.7 Å². The van der Waals surface area contributed by atoms with Crippen LogP contribution in [0, 0.1) is 37.5 Å². The number of anilines is 3. The smallest absolute Gasteiger partial charge is 0.243 e. The Morgan fingerprint density at radius 3 is 2.02 bits per heavy atom. The van der Waals surface area contributed by atoms with Crippen LogP contribution in [0.25, 0.3) is 21.5 Å². The van der Waals surface area contributed by atoms with Gasteiger partial charge in [0.05, 0.1) is 23.1 Å². The molecule has 3 aromatic carbocycles. The number of carbonyl (C=O) groups is 2. The Kier molecular flexibility index (Phi) is 7.22. The van der Waals surface area contributed by atoms with Gasteiger partial charge in [-0.1, -0.05) is 61.1 Å². The van der Waals surface area contributed by atoms with E-state index in [2.05, 4.69) is 83.8 Å². The first-order valence-corrected chi connectivity index (χ1v) is 17.5. The molecule has 0 spiro atoms. The maximum atomic E-state index is 13.3. The van der Waals surface area contributed by atoms with Crippen molar-refractivity contribution in [1.29, 1.82) is 0 Å². The third kappa shape index (κ3) is 5.04. The minimum Gasteiger partial charge on any atom is -0.302 e. The molecule has 0 N–H and O–H groups in total. The van der Waals surface area contributed by atoms with Gasteiger partial charge in [-0.25, -0.2) is 4.99 Å². The minimum absolute atomic E-state index is 0.0694. The fourth-order valence-electron chi connectivity index (χ4n) is 7.73. The van der Waals surface area contributed by atoms with E-state index in [0.717, 1.165) is 56.9 Å². The van der Waals surface area contributed by atoms with Gasteiger partial charge >= 0.3 is 0 Å². The number of hydrogen-bond donors (Lipinski definition) is 0. The number of Topliss-reactive ketones (excluding diaryl/α,β-unsaturated/α-hetero) is 2. The van der Waals surface area contributed by atoms with Crippen LogP contribution in [-0.4, -0.2) is 26.0 Å². The molecule has 0 aliphatic heterocycles. The van der Waals surface area contributed by atoms with Crippen LogP contribution in [0.1, 0.15) is 49.7 Å². The Bertz CT molecular complexity index is 1910. The molecule has 2 aromatic heterocycles. The Balaban J connectivity index is 1.15. The molecular weight excluding hydrogens is 597 g/mol. The van der Waals surface area contributed by atoms with Crippen LogP contribution in [0.3, 0.4) is 0 Å². The van der Waals surface area contributed by atoms with E-state index >= 15 is 0 Å². The van der Waals surface area contributed by atoms with Crippen molar-refractivity contribution >= 4 is 73.4 Å². The van der Waals surface area contributed by atoms with Gasteiger partial charge in [-0.2, -0.15) is 8.75 Å². The summed E-state index contributed by atoms with van der Waals surface area (Å²) in [4.78, 5) is 34.6. The molecule has 45 heavy (non-hydrogen) atoms. The van der Waals surface area contributed by atoms with E-state index in [4.69, 9.17) is 9.37 Å². The highest BCUT2D eigenvalue weighted by Gasteiger charge is 2.52. The van der Waals surface area contributed by atoms with Crippen LogP contribution in [0.2, 0.25) is 0 Å². The maximum Gasteiger partial charge on any atom is 0.243 e. The van der Waals surface area contributed by atoms with E-state index in [1.807, 2.05) is 12.1 Å². The van der Waals surface area contributed by atoms with Crippen molar-refractivity contribution < 1.29 is 9.59 Å². The number of aliphatic imine (C=N–C) groups is 1. The molecule has 3 saturated carbocycles. The zero-order valence-electron chi connectivity index (χ0n) is 25.4. The number of aromatic nitrogens is 2. The first-order valence-electron chi connectivity index (χ1n) is 15.9. The van der Waals surface area contributed by atoms with Crippen LogP contribution < -0.4 is 4.90 Å². The molecule has 4 unspecified atom stereocenters. The number of aryl methyl sites for hydroxylation is 2. The third-order valence-corrected chi connectivity index (χ3v) is 11.7. The fraction of sp³-hybridized carbons (Fsp3) is 0.324. The number of fused-ring (bicyclic) bond motifs is 3. The van der Waals surface area contributed by atoms with E-state index in [0.29, 0.717) is 28.8 Å². The second kappa shape index (κ2) is 11.4. The molecule has 5 aromatic rings. The predicted octanol–water partition coefficient (Wildman–Crippen LogP) is 9.56. The summed E-state index contributed by atoms with van der Waals surface area (Å²) in [5.74, 6) is 0.283. The average Bonchev–Trinajstić information content (AvgIpc) is 3.79. The van der Waals surface area contributed by atoms with E-state index in [1.165, 1.54) is 36.8 Å². The predicted molar refractivity (Wildman–Crippen MR) is 184 cm³/mol. The summed E-state index contributed by atoms with van der Waals surface area (Å²) in [6.45, 7) is 4.20. The molecule has 3 aliphatic carbocycles. The summed E-state index contributed by atoms with van der Waals surface area (Å²) in [7, 11) is 0. The lowest BCUT2D eigenvalue weighted by Gasteiger charge is -2.40. The van der Waals surface area contributed by atoms with E-state index in [-0.39, 0.29) is 23.4 Å². The van der Waals surface area contributed by atoms with Crippen LogP contribution in [-0.2, 0) is 9.59 Å². The summed E-state index contributed by atoms with van der Waals surface area (Å²) in [6.07, 6.45) is 6.62. The van der Waals surface area contributed by atoms with Crippen LogP contribution in [0.4, 0.5) is 22.1 Å². The van der Waals surface area contributed by atoms with Gasteiger partial charge in [-0.3, -0.25) is 9.59 Å². The molecule has 3 fully saturated rings. The van der Waals surface area contributed by atoms with Gasteiger partial charge in [0.2, 0.25) is 11.6 Å². The summed E-state index contributed by atoms with van der Waals surface area (Å²) in [5, 5.41) is 1.10. The first-order chi connectivity index (χ1) is 21.9. The fourth-order valence-corrected chi connectivity index (χ4v) is 9.37. The van der Waals surface area contributed by atoms with Crippen molar-refractivity contribution in [3.05, 3.63) is 83.9 Å². The van der Waals surface area contributed by atoms with E-state index < -0.39 is 0 Å². The molecule has 0 bridgehead atoms. The lowest BCUT2D eigenvalue weighted by molar-refractivity contribution is -0.135. The highest BCUT2D eigenvalue weighted by atomic mass is 32.1. The Labute approximate surface area is 271 Å². The second-order valence-corrected chi connectivity index (χ2v) is 14.5. The van der Waals surface area contributed by atoms with Gasteiger partial charge in [0, 0.05) is 33.7 Å². The lowest BCUT2D eigenvalue weighted by Crippen LogP contribution is -2.35. The standard InChI is InChI=1S/C37H34N4O2S2/c1-21-7-11-25(12-8-21)41(26-13-9-22(2)10-14-26)32-18-17-31(44-32)27-15-16-30(35-33(27)39-45-40-35)38-34-28-19-23-5-3-4-6-24(23)20-29(28)36(42)37(34)43/h7-18,23-24,28-29H,3-6,19-20H2,1-2H3. The van der Waals surface area contributed by atoms with Gasteiger partial charge in [0.25, 0.3) is 0 Å². The zero-order valence-corrected chi connectivity index (χ0v) is 27.0. The van der Waals surface area contributed by atoms with Crippen molar-refractivity contribution in [3.8, 4) is 10.4 Å². The number of carbonyl (C=O) groups excluding carboxylic acids is 2. The molecule has 2 heterocycles. The molecule has 6 nitrogen and oxygen atoms in total. The summed E-state index contributed by atoms with van der Waals surface area (Å²) in [5.41, 5.74) is 8.16. The Morgan fingerprint density at radius 1 is 0.733 bits per heavy atom. The van der Waals surface area contributed by atoms with E-state index in [1.54, 1.807) is 11.3 Å². The number of ketones is 2. The van der Waals surface area contributed by atoms with E-state index in [9.17, 15) is 9.59 Å². The van der Waals surface area contributed by atoms with Gasteiger partial charge in [0.1, 0.15) is 16.0 Å². The SMILES string of the molecule is Cc1ccc(N(c2ccc(C)cc2)c2ccc(-c3ccc(N=C4C(=O)C(=O)C5CC6CCCCC6CC45)c4nsnc34)s2)cc1. The number of thiophene rings is 1. The number of nitrogens with zero attached hydrogens (tertiary/aromatic N) is 4. The Hall–Kier alpha value is -4.01. The summed E-state index contributed by atoms with van der Waals surface area (Å²) >= 11 is 2.86. The lowest BCUT2D eigenvalue weighted by atomic mass is 9.64.